The van der Waals surface area contributed by atoms with Crippen LogP contribution in [-0.4, -0.2) is 36.0 Å². The highest BCUT2D eigenvalue weighted by Gasteiger charge is 2.59. The summed E-state index contributed by atoms with van der Waals surface area (Å²) in [6, 6.07) is 11.8. The van der Waals surface area contributed by atoms with Crippen LogP contribution < -0.4 is 9.64 Å². The first-order valence-electron chi connectivity index (χ1n) is 9.09. The van der Waals surface area contributed by atoms with Gasteiger partial charge >= 0.3 is 6.03 Å². The van der Waals surface area contributed by atoms with Gasteiger partial charge in [-0.2, -0.15) is 5.26 Å². The van der Waals surface area contributed by atoms with Gasteiger partial charge in [0.15, 0.2) is 5.75 Å². The van der Waals surface area contributed by atoms with E-state index in [9.17, 15) is 9.59 Å². The Hall–Kier alpha value is -2.75. The summed E-state index contributed by atoms with van der Waals surface area (Å²) in [6.07, 6.45) is 1.72. The molecule has 0 bridgehead atoms. The van der Waals surface area contributed by atoms with Crippen LogP contribution in [-0.2, 0) is 11.2 Å². The second-order valence-electron chi connectivity index (χ2n) is 7.14. The van der Waals surface area contributed by atoms with Gasteiger partial charge in [-0.1, -0.05) is 35.3 Å². The zero-order valence-corrected chi connectivity index (χ0v) is 17.1. The fraction of sp³-hybridized carbons (Fsp3) is 0.286. The zero-order valence-electron chi connectivity index (χ0n) is 15.6. The molecule has 2 aliphatic heterocycles. The lowest BCUT2D eigenvalue weighted by Gasteiger charge is -2.28. The third kappa shape index (κ3) is 3.02. The first-order chi connectivity index (χ1) is 13.9. The van der Waals surface area contributed by atoms with Crippen molar-refractivity contribution in [3.63, 3.8) is 0 Å². The van der Waals surface area contributed by atoms with Crippen LogP contribution in [0.3, 0.4) is 0 Å². The lowest BCUT2D eigenvalue weighted by molar-refractivity contribution is -0.123. The minimum absolute atomic E-state index is 0.226. The second-order valence-corrected chi connectivity index (χ2v) is 7.95. The number of methoxy groups -OCH3 is 1. The number of anilines is 1. The minimum atomic E-state index is -0.940. The Morgan fingerprint density at radius 1 is 1.17 bits per heavy atom. The normalized spacial score (nSPS) is 20.8. The molecule has 148 valence electrons. The quantitative estimate of drug-likeness (QED) is 0.674. The number of halogens is 2. The zero-order chi connectivity index (χ0) is 20.8. The van der Waals surface area contributed by atoms with Gasteiger partial charge in [-0.15, -0.1) is 0 Å². The van der Waals surface area contributed by atoms with Crippen molar-refractivity contribution >= 4 is 40.8 Å². The number of rotatable bonds is 4. The first kappa shape index (κ1) is 19.6. The van der Waals surface area contributed by atoms with Gasteiger partial charge in [-0.3, -0.25) is 4.79 Å². The first-order valence-corrected chi connectivity index (χ1v) is 9.85. The van der Waals surface area contributed by atoms with Crippen molar-refractivity contribution in [1.29, 1.82) is 5.26 Å². The Kier molecular flexibility index (Phi) is 4.89. The summed E-state index contributed by atoms with van der Waals surface area (Å²) in [5, 5.41) is 9.44. The molecule has 2 saturated heterocycles. The van der Waals surface area contributed by atoms with Gasteiger partial charge in [-0.05, 0) is 42.7 Å². The number of hydrogen-bond acceptors (Lipinski definition) is 4. The van der Waals surface area contributed by atoms with Gasteiger partial charge in [0.25, 0.3) is 5.91 Å². The Morgan fingerprint density at radius 2 is 1.83 bits per heavy atom. The molecule has 0 radical (unpaired) electrons. The lowest BCUT2D eigenvalue weighted by Crippen LogP contribution is -2.47. The maximum Gasteiger partial charge on any atom is 0.332 e. The van der Waals surface area contributed by atoms with Crippen molar-refractivity contribution in [3.05, 3.63) is 57.6 Å². The van der Waals surface area contributed by atoms with Crippen LogP contribution in [0.2, 0.25) is 10.0 Å². The Labute approximate surface area is 178 Å². The van der Waals surface area contributed by atoms with Crippen molar-refractivity contribution in [2.24, 2.45) is 0 Å². The van der Waals surface area contributed by atoms with E-state index in [1.54, 1.807) is 17.0 Å². The van der Waals surface area contributed by atoms with Crippen molar-refractivity contribution in [3.8, 4) is 11.8 Å². The fourth-order valence-corrected chi connectivity index (χ4v) is 4.82. The predicted molar refractivity (Wildman–Crippen MR) is 109 cm³/mol. The maximum atomic E-state index is 13.5. The molecule has 3 amide bonds. The SMILES string of the molecule is COc1c(Cl)cc(N2C(=O)N3CCCC3(Cc3ccc(C#N)cc3)C2=O)cc1Cl. The number of ether oxygens (including phenoxy) is 1. The van der Waals surface area contributed by atoms with Gasteiger partial charge < -0.3 is 9.64 Å². The number of carbonyl (C=O) groups excluding carboxylic acids is 2. The summed E-state index contributed by atoms with van der Waals surface area (Å²) in [4.78, 5) is 29.5. The Morgan fingerprint density at radius 3 is 2.41 bits per heavy atom. The van der Waals surface area contributed by atoms with Crippen molar-refractivity contribution in [1.82, 2.24) is 4.90 Å². The van der Waals surface area contributed by atoms with Gasteiger partial charge in [0.05, 0.1) is 34.5 Å². The molecule has 2 aromatic rings. The molecule has 2 aromatic carbocycles. The highest BCUT2D eigenvalue weighted by Crippen LogP contribution is 2.44. The van der Waals surface area contributed by atoms with Gasteiger partial charge in [-0.25, -0.2) is 9.69 Å². The second kappa shape index (κ2) is 7.25. The molecule has 2 heterocycles. The van der Waals surface area contributed by atoms with E-state index in [0.29, 0.717) is 36.4 Å². The van der Waals surface area contributed by atoms with E-state index in [4.69, 9.17) is 33.2 Å². The molecule has 0 aliphatic carbocycles. The van der Waals surface area contributed by atoms with Gasteiger partial charge in [0.2, 0.25) is 0 Å². The minimum Gasteiger partial charge on any atom is -0.494 e. The molecule has 0 spiro atoms. The smallest absolute Gasteiger partial charge is 0.332 e. The molecule has 0 saturated carbocycles. The van der Waals surface area contributed by atoms with Crippen molar-refractivity contribution in [2.45, 2.75) is 24.8 Å². The number of urea groups is 1. The number of amides is 3. The van der Waals surface area contributed by atoms with E-state index in [1.807, 2.05) is 12.1 Å². The molecule has 0 aromatic heterocycles. The number of hydrogen-bond donors (Lipinski definition) is 0. The number of imide groups is 1. The van der Waals surface area contributed by atoms with E-state index in [2.05, 4.69) is 6.07 Å². The van der Waals surface area contributed by atoms with Gasteiger partial charge in [0, 0.05) is 13.0 Å². The number of nitrogens with zero attached hydrogens (tertiary/aromatic N) is 3. The van der Waals surface area contributed by atoms with Crippen LogP contribution in [0.25, 0.3) is 0 Å². The standard InChI is InChI=1S/C21H17Cl2N3O3/c1-29-18-16(22)9-15(10-17(18)23)26-19(27)21(7-2-8-25(21)20(26)28)11-13-3-5-14(12-24)6-4-13/h3-6,9-10H,2,7-8,11H2,1H3. The maximum absolute atomic E-state index is 13.5. The van der Waals surface area contributed by atoms with Crippen LogP contribution in [0.1, 0.15) is 24.0 Å². The highest BCUT2D eigenvalue weighted by molar-refractivity contribution is 6.38. The third-order valence-corrected chi connectivity index (χ3v) is 6.10. The number of benzene rings is 2. The highest BCUT2D eigenvalue weighted by atomic mass is 35.5. The van der Waals surface area contributed by atoms with E-state index >= 15 is 0 Å². The lowest BCUT2D eigenvalue weighted by atomic mass is 9.87. The average molecular weight is 430 g/mol. The topological polar surface area (TPSA) is 73.6 Å². The molecule has 29 heavy (non-hydrogen) atoms. The van der Waals surface area contributed by atoms with E-state index < -0.39 is 5.54 Å². The summed E-state index contributed by atoms with van der Waals surface area (Å²) in [5.41, 5.74) is 0.825. The third-order valence-electron chi connectivity index (χ3n) is 5.54. The van der Waals surface area contributed by atoms with Crippen LogP contribution in [0.4, 0.5) is 10.5 Å². The number of carbonyl (C=O) groups is 2. The molecular formula is C21H17Cl2N3O3. The molecule has 4 rings (SSSR count). The van der Waals surface area contributed by atoms with E-state index in [-0.39, 0.29) is 22.0 Å². The molecule has 2 fully saturated rings. The molecule has 8 heteroatoms. The van der Waals surface area contributed by atoms with E-state index in [0.717, 1.165) is 16.9 Å². The Bertz CT molecular complexity index is 1030. The Balaban J connectivity index is 1.72. The molecule has 1 atom stereocenters. The van der Waals surface area contributed by atoms with Crippen molar-refractivity contribution < 1.29 is 14.3 Å². The van der Waals surface area contributed by atoms with Crippen molar-refractivity contribution in [2.75, 3.05) is 18.6 Å². The molecular weight excluding hydrogens is 413 g/mol. The summed E-state index contributed by atoms with van der Waals surface area (Å²) < 4.78 is 5.15. The van der Waals surface area contributed by atoms with E-state index in [1.165, 1.54) is 19.2 Å². The molecule has 2 aliphatic rings. The van der Waals surface area contributed by atoms with Gasteiger partial charge in [0.1, 0.15) is 5.54 Å². The van der Waals surface area contributed by atoms with Crippen LogP contribution in [0.5, 0.6) is 5.75 Å². The van der Waals surface area contributed by atoms with Crippen LogP contribution in [0, 0.1) is 11.3 Å². The van der Waals surface area contributed by atoms with Crippen LogP contribution in [0.15, 0.2) is 36.4 Å². The monoisotopic (exact) mass is 429 g/mol. The summed E-state index contributed by atoms with van der Waals surface area (Å²) >= 11 is 12.4. The summed E-state index contributed by atoms with van der Waals surface area (Å²) in [6.45, 7) is 0.509. The average Bonchev–Trinajstić information content (AvgIpc) is 3.20. The number of fused-ring (bicyclic) bond motifs is 1. The summed E-state index contributed by atoms with van der Waals surface area (Å²) in [7, 11) is 1.45. The molecule has 1 unspecified atom stereocenters. The fourth-order valence-electron chi connectivity index (χ4n) is 4.19. The largest absolute Gasteiger partial charge is 0.494 e. The molecule has 6 nitrogen and oxygen atoms in total. The predicted octanol–water partition coefficient (Wildman–Crippen LogP) is 4.42. The molecule has 0 N–H and O–H groups in total. The summed E-state index contributed by atoms with van der Waals surface area (Å²) in [5.74, 6) is 0.00522. The van der Waals surface area contributed by atoms with Crippen LogP contribution >= 0.6 is 23.2 Å². The number of nitriles is 1.